The Kier molecular flexibility index (Phi) is 3.65. The Bertz CT molecular complexity index is 483. The van der Waals surface area contributed by atoms with Crippen LogP contribution < -0.4 is 10.6 Å². The summed E-state index contributed by atoms with van der Waals surface area (Å²) in [7, 11) is 0. The van der Waals surface area contributed by atoms with Gasteiger partial charge in [-0.3, -0.25) is 9.59 Å². The van der Waals surface area contributed by atoms with Crippen LogP contribution in [0.5, 0.6) is 0 Å². The van der Waals surface area contributed by atoms with Gasteiger partial charge in [0.2, 0.25) is 11.8 Å². The summed E-state index contributed by atoms with van der Waals surface area (Å²) in [5, 5.41) is 5.64. The minimum atomic E-state index is -0.209. The topological polar surface area (TPSA) is 58.2 Å². The van der Waals surface area contributed by atoms with Crippen LogP contribution in [0, 0.1) is 19.8 Å². The molecule has 0 spiro atoms. The van der Waals surface area contributed by atoms with Gasteiger partial charge in [-0.2, -0.15) is 0 Å². The molecule has 2 N–H and O–H groups in total. The molecule has 0 bridgehead atoms. The van der Waals surface area contributed by atoms with E-state index in [1.807, 2.05) is 32.0 Å². The van der Waals surface area contributed by atoms with Crippen LogP contribution in [0.4, 0.5) is 5.69 Å². The van der Waals surface area contributed by atoms with Gasteiger partial charge in [-0.05, 0) is 31.9 Å². The van der Waals surface area contributed by atoms with Gasteiger partial charge in [0.25, 0.3) is 0 Å². The molecule has 1 atom stereocenters. The molecule has 1 fully saturated rings. The quantitative estimate of drug-likeness (QED) is 0.835. The van der Waals surface area contributed by atoms with Crippen molar-refractivity contribution in [1.82, 2.24) is 5.32 Å². The number of nitrogens with one attached hydrogen (secondary N) is 2. The van der Waals surface area contributed by atoms with E-state index < -0.39 is 0 Å². The Hall–Kier alpha value is -1.84. The molecular formula is C14H18N2O2. The fourth-order valence-corrected chi connectivity index (χ4v) is 2.20. The first-order valence-corrected chi connectivity index (χ1v) is 6.21. The Labute approximate surface area is 107 Å². The summed E-state index contributed by atoms with van der Waals surface area (Å²) in [6.45, 7) is 4.57. The van der Waals surface area contributed by atoms with E-state index in [1.54, 1.807) is 0 Å². The number of anilines is 1. The van der Waals surface area contributed by atoms with Crippen molar-refractivity contribution in [2.75, 3.05) is 11.9 Å². The van der Waals surface area contributed by atoms with E-state index >= 15 is 0 Å². The monoisotopic (exact) mass is 246 g/mol. The Morgan fingerprint density at radius 1 is 1.39 bits per heavy atom. The van der Waals surface area contributed by atoms with Crippen LogP contribution in [0.25, 0.3) is 0 Å². The zero-order chi connectivity index (χ0) is 13.1. The maximum atomic E-state index is 12.1. The minimum absolute atomic E-state index is 0.0398. The predicted molar refractivity (Wildman–Crippen MR) is 70.3 cm³/mol. The summed E-state index contributed by atoms with van der Waals surface area (Å²) in [5.41, 5.74) is 3.04. The van der Waals surface area contributed by atoms with Gasteiger partial charge in [0.1, 0.15) is 0 Å². The second-order valence-electron chi connectivity index (χ2n) is 4.85. The first-order valence-electron chi connectivity index (χ1n) is 6.21. The number of carbonyl (C=O) groups is 2. The predicted octanol–water partition coefficient (Wildman–Crippen LogP) is 1.77. The van der Waals surface area contributed by atoms with Crippen LogP contribution in [0.2, 0.25) is 0 Å². The van der Waals surface area contributed by atoms with Crippen molar-refractivity contribution in [3.63, 3.8) is 0 Å². The number of benzene rings is 1. The van der Waals surface area contributed by atoms with Crippen LogP contribution >= 0.6 is 0 Å². The second kappa shape index (κ2) is 5.21. The molecule has 0 radical (unpaired) electrons. The largest absolute Gasteiger partial charge is 0.356 e. The average molecular weight is 246 g/mol. The molecule has 1 heterocycles. The van der Waals surface area contributed by atoms with E-state index in [4.69, 9.17) is 0 Å². The van der Waals surface area contributed by atoms with Gasteiger partial charge in [-0.25, -0.2) is 0 Å². The Morgan fingerprint density at radius 2 is 2.17 bits per heavy atom. The highest BCUT2D eigenvalue weighted by molar-refractivity contribution is 5.96. The minimum Gasteiger partial charge on any atom is -0.356 e. The number of hydrogen-bond acceptors (Lipinski definition) is 2. The first-order chi connectivity index (χ1) is 8.56. The molecule has 0 aromatic heterocycles. The number of piperidine rings is 1. The Balaban J connectivity index is 2.04. The van der Waals surface area contributed by atoms with Gasteiger partial charge in [-0.15, -0.1) is 0 Å². The van der Waals surface area contributed by atoms with Crippen LogP contribution in [-0.2, 0) is 9.59 Å². The van der Waals surface area contributed by atoms with Gasteiger partial charge < -0.3 is 10.6 Å². The van der Waals surface area contributed by atoms with E-state index in [0.29, 0.717) is 13.0 Å². The summed E-state index contributed by atoms with van der Waals surface area (Å²) >= 11 is 0. The zero-order valence-corrected chi connectivity index (χ0v) is 10.7. The molecule has 1 aliphatic rings. The van der Waals surface area contributed by atoms with Crippen LogP contribution in [0.3, 0.4) is 0 Å². The van der Waals surface area contributed by atoms with Crippen molar-refractivity contribution in [1.29, 1.82) is 0 Å². The zero-order valence-electron chi connectivity index (χ0n) is 10.7. The normalized spacial score (nSPS) is 19.2. The van der Waals surface area contributed by atoms with E-state index in [2.05, 4.69) is 10.6 Å². The molecule has 1 unspecified atom stereocenters. The third kappa shape index (κ3) is 2.88. The van der Waals surface area contributed by atoms with Crippen molar-refractivity contribution in [3.8, 4) is 0 Å². The van der Waals surface area contributed by atoms with Crippen molar-refractivity contribution in [2.24, 2.45) is 5.92 Å². The maximum Gasteiger partial charge on any atom is 0.228 e. The average Bonchev–Trinajstić information content (AvgIpc) is 2.32. The lowest BCUT2D eigenvalue weighted by atomic mass is 9.96. The van der Waals surface area contributed by atoms with Crippen LogP contribution in [0.15, 0.2) is 18.2 Å². The highest BCUT2D eigenvalue weighted by Gasteiger charge is 2.25. The SMILES string of the molecule is Cc1ccc(NC(=O)C2CCNC(=O)C2)c(C)c1. The second-order valence-corrected chi connectivity index (χ2v) is 4.85. The molecule has 1 aromatic carbocycles. The summed E-state index contributed by atoms with van der Waals surface area (Å²) < 4.78 is 0. The highest BCUT2D eigenvalue weighted by atomic mass is 16.2. The molecule has 4 nitrogen and oxygen atoms in total. The summed E-state index contributed by atoms with van der Waals surface area (Å²) in [6.07, 6.45) is 0.999. The number of hydrogen-bond donors (Lipinski definition) is 2. The molecule has 0 aliphatic carbocycles. The lowest BCUT2D eigenvalue weighted by Gasteiger charge is -2.21. The van der Waals surface area contributed by atoms with Gasteiger partial charge >= 0.3 is 0 Å². The summed E-state index contributed by atoms with van der Waals surface area (Å²) in [6, 6.07) is 5.91. The maximum absolute atomic E-state index is 12.1. The smallest absolute Gasteiger partial charge is 0.228 e. The number of rotatable bonds is 2. The third-order valence-corrected chi connectivity index (χ3v) is 3.26. The lowest BCUT2D eigenvalue weighted by Crippen LogP contribution is -2.38. The van der Waals surface area contributed by atoms with Gasteiger partial charge in [0, 0.05) is 24.6 Å². The van der Waals surface area contributed by atoms with Crippen molar-refractivity contribution in [2.45, 2.75) is 26.7 Å². The molecule has 1 aromatic rings. The van der Waals surface area contributed by atoms with Gasteiger partial charge in [0.15, 0.2) is 0 Å². The number of aryl methyl sites for hydroxylation is 2. The molecule has 0 saturated carbocycles. The van der Waals surface area contributed by atoms with E-state index in [-0.39, 0.29) is 24.2 Å². The number of carbonyl (C=O) groups excluding carboxylic acids is 2. The fraction of sp³-hybridized carbons (Fsp3) is 0.429. The summed E-state index contributed by atoms with van der Waals surface area (Å²) in [5.74, 6) is -0.307. The van der Waals surface area contributed by atoms with E-state index in [1.165, 1.54) is 5.56 Å². The van der Waals surface area contributed by atoms with E-state index in [0.717, 1.165) is 11.3 Å². The molecule has 2 amide bonds. The number of amides is 2. The van der Waals surface area contributed by atoms with Gasteiger partial charge in [0.05, 0.1) is 0 Å². The third-order valence-electron chi connectivity index (χ3n) is 3.26. The Morgan fingerprint density at radius 3 is 2.83 bits per heavy atom. The molecule has 96 valence electrons. The fourth-order valence-electron chi connectivity index (χ4n) is 2.20. The molecule has 1 aliphatic heterocycles. The standard InChI is InChI=1S/C14H18N2O2/c1-9-3-4-12(10(2)7-9)16-14(18)11-5-6-15-13(17)8-11/h3-4,7,11H,5-6,8H2,1-2H3,(H,15,17)(H,16,18). The van der Waals surface area contributed by atoms with E-state index in [9.17, 15) is 9.59 Å². The van der Waals surface area contributed by atoms with Crippen LogP contribution in [0.1, 0.15) is 24.0 Å². The molecule has 2 rings (SSSR count). The molecule has 1 saturated heterocycles. The highest BCUT2D eigenvalue weighted by Crippen LogP contribution is 2.19. The van der Waals surface area contributed by atoms with Crippen molar-refractivity contribution >= 4 is 17.5 Å². The molecular weight excluding hydrogens is 228 g/mol. The van der Waals surface area contributed by atoms with Gasteiger partial charge in [-0.1, -0.05) is 17.7 Å². The summed E-state index contributed by atoms with van der Waals surface area (Å²) in [4.78, 5) is 23.3. The molecule has 18 heavy (non-hydrogen) atoms. The molecule has 4 heteroatoms. The van der Waals surface area contributed by atoms with Crippen molar-refractivity contribution < 1.29 is 9.59 Å². The van der Waals surface area contributed by atoms with Crippen LogP contribution in [-0.4, -0.2) is 18.4 Å². The first kappa shape index (κ1) is 12.6. The lowest BCUT2D eigenvalue weighted by molar-refractivity contribution is -0.129. The van der Waals surface area contributed by atoms with Crippen molar-refractivity contribution in [3.05, 3.63) is 29.3 Å².